The third-order valence-corrected chi connectivity index (χ3v) is 14.6. The lowest BCUT2D eigenvalue weighted by atomic mass is 10.1. The van der Waals surface area contributed by atoms with Crippen LogP contribution in [0.15, 0.2) is 112 Å². The Kier molecular flexibility index (Phi) is 27.6. The number of hydrogen-bond acceptors (Lipinski definition) is 40. The molecule has 40 nitrogen and oxygen atoms in total. The molecule has 10 rings (SSSR count). The molecule has 0 saturated carbocycles. The fourth-order valence-electron chi connectivity index (χ4n) is 9.47. The largest absolute Gasteiger partial charge is 0.394 e. The Balaban J connectivity index is 0.000000206. The van der Waals surface area contributed by atoms with Crippen LogP contribution in [0.1, 0.15) is 7.43 Å². The van der Waals surface area contributed by atoms with Crippen LogP contribution in [0.25, 0.3) is 0 Å². The molecular formula is C51H84N20O20. The van der Waals surface area contributed by atoms with Crippen LogP contribution in [-0.4, -0.2) is 350 Å². The normalized spacial score (nSPS) is 35.7. The first-order chi connectivity index (χ1) is 42.6. The van der Waals surface area contributed by atoms with Gasteiger partial charge in [0.25, 0.3) is 0 Å². The highest BCUT2D eigenvalue weighted by Crippen LogP contribution is 2.28. The van der Waals surface area contributed by atoms with E-state index in [4.69, 9.17) is 77.9 Å². The standard InChI is InChI=1S/5C10H16N4O4.CH4/c5*1-5-13-10(11)12-4-14(5)2-6-8(16)9(17)7(3-15)18-6;/h5*4,6-9,15-17H,1-3H2,(H2,11,13);1H4/t5*6-,7+,8+,9?;/m00000./s1. The van der Waals surface area contributed by atoms with E-state index < -0.39 is 122 Å². The van der Waals surface area contributed by atoms with Gasteiger partial charge < -0.3 is 153 Å². The predicted molar refractivity (Wildman–Crippen MR) is 325 cm³/mol. The van der Waals surface area contributed by atoms with Gasteiger partial charge in [-0.05, 0) is 0 Å². The minimum Gasteiger partial charge on any atom is -0.394 e. The first kappa shape index (κ1) is 74.3. The molecule has 0 bridgehead atoms. The number of aliphatic hydroxyl groups excluding tert-OH is 15. The Morgan fingerprint density at radius 3 is 0.527 bits per heavy atom. The van der Waals surface area contributed by atoms with Crippen LogP contribution in [0.5, 0.6) is 0 Å². The summed E-state index contributed by atoms with van der Waals surface area (Å²) in [5, 5.41) is 142. The molecule has 0 amide bonds. The highest BCUT2D eigenvalue weighted by molar-refractivity contribution is 5.91. The number of nitrogens with two attached hydrogens (primary N) is 5. The molecule has 5 unspecified atom stereocenters. The smallest absolute Gasteiger partial charge is 0.223 e. The monoisotopic (exact) mass is 1300 g/mol. The molecule has 20 atom stereocenters. The fraction of sp³-hybridized carbons (Fsp3) is 0.608. The van der Waals surface area contributed by atoms with Crippen LogP contribution in [0.3, 0.4) is 0 Å². The van der Waals surface area contributed by atoms with Crippen molar-refractivity contribution in [3.63, 3.8) is 0 Å². The van der Waals surface area contributed by atoms with E-state index in [1.54, 1.807) is 24.5 Å². The minimum absolute atomic E-state index is 0. The van der Waals surface area contributed by atoms with Gasteiger partial charge in [0.2, 0.25) is 29.8 Å². The van der Waals surface area contributed by atoms with E-state index in [-0.39, 0.29) is 103 Å². The maximum absolute atomic E-state index is 9.78. The second kappa shape index (κ2) is 33.8. The van der Waals surface area contributed by atoms with Gasteiger partial charge in [-0.3, -0.25) is 0 Å². The second-order valence-electron chi connectivity index (χ2n) is 20.8. The van der Waals surface area contributed by atoms with Gasteiger partial charge in [-0.2, -0.15) is 25.0 Å². The summed E-state index contributed by atoms with van der Waals surface area (Å²) in [7, 11) is 0. The van der Waals surface area contributed by atoms with E-state index in [1.807, 2.05) is 0 Å². The molecule has 0 aliphatic carbocycles. The molecule has 91 heavy (non-hydrogen) atoms. The van der Waals surface area contributed by atoms with Gasteiger partial charge in [-0.25, -0.2) is 25.0 Å². The van der Waals surface area contributed by atoms with Gasteiger partial charge in [0.15, 0.2) is 0 Å². The zero-order chi connectivity index (χ0) is 66.4. The van der Waals surface area contributed by atoms with Crippen LogP contribution >= 0.6 is 0 Å². The average Bonchev–Trinajstić information content (AvgIpc) is 1.83. The lowest BCUT2D eigenvalue weighted by molar-refractivity contribution is -0.0250. The molecule has 0 aromatic heterocycles. The van der Waals surface area contributed by atoms with Crippen molar-refractivity contribution in [3.05, 3.63) is 62.0 Å². The molecule has 40 heteroatoms. The molecule has 10 aliphatic heterocycles. The van der Waals surface area contributed by atoms with Crippen molar-refractivity contribution in [2.45, 2.75) is 130 Å². The van der Waals surface area contributed by atoms with Crippen LogP contribution in [0, 0.1) is 0 Å². The first-order valence-electron chi connectivity index (χ1n) is 27.4. The molecule has 10 aliphatic rings. The molecule has 25 N–H and O–H groups in total. The van der Waals surface area contributed by atoms with Crippen molar-refractivity contribution in [1.29, 1.82) is 0 Å². The van der Waals surface area contributed by atoms with Gasteiger partial charge in [0, 0.05) is 0 Å². The van der Waals surface area contributed by atoms with Gasteiger partial charge in [-0.15, -0.1) is 0 Å². The van der Waals surface area contributed by atoms with E-state index in [0.717, 1.165) is 0 Å². The zero-order valence-electron chi connectivity index (χ0n) is 48.4. The van der Waals surface area contributed by atoms with E-state index in [0.29, 0.717) is 29.1 Å². The summed E-state index contributed by atoms with van der Waals surface area (Å²) < 4.78 is 26.7. The number of guanidine groups is 5. The maximum Gasteiger partial charge on any atom is 0.223 e. The van der Waals surface area contributed by atoms with Crippen molar-refractivity contribution in [2.75, 3.05) is 65.8 Å². The SMILES string of the molecule is C.C=C1N=C(N)N=CN1C[C@@H]1O[C@H](CO)C(O)[C@@H]1O.C=C1N=C(N)N=CN1C[C@@H]1O[C@H](CO)C(O)[C@@H]1O.C=C1N=C(N)N=CN1C[C@@H]1O[C@H](CO)C(O)[C@@H]1O.C=C1N=C(N)N=CN1C[C@@H]1O[C@H](CO)C(O)[C@@H]1O.C=C1N=C(N)N=CN1C[C@@H]1O[C@H](CO)C(O)[C@@H]1O. The highest BCUT2D eigenvalue weighted by atomic mass is 16.6. The third-order valence-electron chi connectivity index (χ3n) is 14.6. The summed E-state index contributed by atoms with van der Waals surface area (Å²) in [6, 6.07) is 0. The summed E-state index contributed by atoms with van der Waals surface area (Å²) in [5.41, 5.74) is 27.0. The number of aliphatic imine (C=N–C) groups is 10. The fourth-order valence-corrected chi connectivity index (χ4v) is 9.47. The van der Waals surface area contributed by atoms with E-state index in [9.17, 15) is 51.1 Å². The van der Waals surface area contributed by atoms with Gasteiger partial charge >= 0.3 is 0 Å². The summed E-state index contributed by atoms with van der Waals surface area (Å²) in [5.74, 6) is 2.42. The molecule has 5 fully saturated rings. The molecule has 508 valence electrons. The van der Waals surface area contributed by atoms with Crippen LogP contribution in [0.2, 0.25) is 0 Å². The van der Waals surface area contributed by atoms with Crippen molar-refractivity contribution in [1.82, 2.24) is 24.5 Å². The maximum atomic E-state index is 9.78. The van der Waals surface area contributed by atoms with E-state index >= 15 is 0 Å². The van der Waals surface area contributed by atoms with E-state index in [1.165, 1.54) is 31.7 Å². The summed E-state index contributed by atoms with van der Waals surface area (Å²) >= 11 is 0. The van der Waals surface area contributed by atoms with Crippen molar-refractivity contribution in [2.24, 2.45) is 78.6 Å². The van der Waals surface area contributed by atoms with Gasteiger partial charge in [-0.1, -0.05) is 40.3 Å². The molecule has 10 heterocycles. The van der Waals surface area contributed by atoms with Crippen molar-refractivity contribution < 1.29 is 100 Å². The summed E-state index contributed by atoms with van der Waals surface area (Å²) in [6.45, 7) is 17.8. The Morgan fingerprint density at radius 1 is 0.286 bits per heavy atom. The number of nitrogens with zero attached hydrogens (tertiary/aromatic N) is 15. The third kappa shape index (κ3) is 19.1. The van der Waals surface area contributed by atoms with Crippen LogP contribution in [-0.2, 0) is 23.7 Å². The van der Waals surface area contributed by atoms with Crippen LogP contribution in [0.4, 0.5) is 0 Å². The Labute approximate surface area is 520 Å². The predicted octanol–water partition coefficient (Wildman–Crippen LogP) is -11.4. The van der Waals surface area contributed by atoms with Crippen molar-refractivity contribution >= 4 is 61.5 Å². The quantitative estimate of drug-likeness (QED) is 0.0724. The number of aliphatic hydroxyl groups is 15. The zero-order valence-corrected chi connectivity index (χ0v) is 48.4. The Morgan fingerprint density at radius 2 is 0.418 bits per heavy atom. The highest BCUT2D eigenvalue weighted by Gasteiger charge is 2.47. The first-order valence-corrected chi connectivity index (χ1v) is 27.4. The molecule has 5 saturated heterocycles. The molecule has 0 spiro atoms. The van der Waals surface area contributed by atoms with E-state index in [2.05, 4.69) is 82.8 Å². The van der Waals surface area contributed by atoms with Gasteiger partial charge in [0.1, 0.15) is 183 Å². The topological polar surface area (TPSA) is 620 Å². The molecule has 0 aromatic carbocycles. The van der Waals surface area contributed by atoms with Gasteiger partial charge in [0.05, 0.1) is 65.8 Å². The Hall–Kier alpha value is -7.40. The number of ether oxygens (including phenoxy) is 5. The summed E-state index contributed by atoms with van der Waals surface area (Å²) in [6.07, 6.45) is -11.0. The molecule has 0 aromatic rings. The number of hydrogen-bond donors (Lipinski definition) is 20. The van der Waals surface area contributed by atoms with Crippen LogP contribution < -0.4 is 28.7 Å². The lowest BCUT2D eigenvalue weighted by Gasteiger charge is -2.25. The molecule has 0 radical (unpaired) electrons. The second-order valence-corrected chi connectivity index (χ2v) is 20.8. The lowest BCUT2D eigenvalue weighted by Crippen LogP contribution is -2.40. The average molecular weight is 1300 g/mol. The number of rotatable bonds is 15. The summed E-state index contributed by atoms with van der Waals surface area (Å²) in [4.78, 5) is 46.1. The molecular weight excluding hydrogens is 1210 g/mol. The minimum atomic E-state index is -1.11. The Bertz CT molecular complexity index is 2420. The van der Waals surface area contributed by atoms with Crippen molar-refractivity contribution in [3.8, 4) is 0 Å².